The number of ether oxygens (including phenoxy) is 2. The average Bonchev–Trinajstić information content (AvgIpc) is 2.72. The molecule has 1 aromatic carbocycles. The lowest BCUT2D eigenvalue weighted by Gasteiger charge is -2.41. The van der Waals surface area contributed by atoms with E-state index in [2.05, 4.69) is 38.0 Å². The number of thiol groups is 1. The minimum atomic E-state index is -5.79. The van der Waals surface area contributed by atoms with Gasteiger partial charge in [0.2, 0.25) is 5.91 Å². The SMILES string of the molecule is CCCc1cc(C(OCOC)(C(F)(F)F)C(F)(F)F)ccc1N1CCN(C(=O)CBr)[C@@H](S)C1. The molecule has 1 amide bonds. The molecule has 1 aliphatic rings. The smallest absolute Gasteiger partial charge is 0.367 e. The molecule has 0 radical (unpaired) electrons. The third-order valence-corrected chi connectivity index (χ3v) is 6.25. The van der Waals surface area contributed by atoms with Gasteiger partial charge in [0, 0.05) is 38.0 Å². The predicted octanol–water partition coefficient (Wildman–Crippen LogP) is 4.88. The minimum absolute atomic E-state index is 0.123. The Morgan fingerprint density at radius 1 is 1.18 bits per heavy atom. The molecule has 0 aromatic heterocycles. The summed E-state index contributed by atoms with van der Waals surface area (Å²) < 4.78 is 92.1. The highest BCUT2D eigenvalue weighted by molar-refractivity contribution is 9.09. The van der Waals surface area contributed by atoms with Crippen LogP contribution in [-0.2, 0) is 26.3 Å². The van der Waals surface area contributed by atoms with Crippen LogP contribution in [0.3, 0.4) is 0 Å². The summed E-state index contributed by atoms with van der Waals surface area (Å²) in [6, 6.07) is 2.93. The first kappa shape index (κ1) is 28.1. The van der Waals surface area contributed by atoms with Gasteiger partial charge in [-0.2, -0.15) is 39.0 Å². The molecule has 13 heteroatoms. The zero-order chi connectivity index (χ0) is 25.0. The Bertz CT molecular complexity index is 810. The lowest BCUT2D eigenvalue weighted by atomic mass is 9.89. The Labute approximate surface area is 201 Å². The molecule has 0 N–H and O–H groups in total. The third kappa shape index (κ3) is 5.73. The number of carbonyl (C=O) groups is 1. The van der Waals surface area contributed by atoms with Gasteiger partial charge < -0.3 is 19.3 Å². The van der Waals surface area contributed by atoms with Gasteiger partial charge in [0.1, 0.15) is 6.79 Å². The van der Waals surface area contributed by atoms with E-state index in [1.54, 1.807) is 11.8 Å². The summed E-state index contributed by atoms with van der Waals surface area (Å²) in [4.78, 5) is 15.4. The number of carbonyl (C=O) groups excluding carboxylic acids is 1. The fourth-order valence-electron chi connectivity index (χ4n) is 3.82. The second kappa shape index (κ2) is 11.0. The molecular weight excluding hydrogens is 542 g/mol. The first-order valence-electron chi connectivity index (χ1n) is 10.0. The van der Waals surface area contributed by atoms with E-state index in [0.717, 1.165) is 19.2 Å². The van der Waals surface area contributed by atoms with Crippen LogP contribution in [-0.4, -0.2) is 67.4 Å². The maximum absolute atomic E-state index is 13.9. The van der Waals surface area contributed by atoms with Gasteiger partial charge in [-0.1, -0.05) is 41.4 Å². The van der Waals surface area contributed by atoms with Gasteiger partial charge in [-0.25, -0.2) is 0 Å². The molecule has 0 unspecified atom stereocenters. The summed E-state index contributed by atoms with van der Waals surface area (Å²) in [7, 11) is 0.941. The Balaban J connectivity index is 2.53. The Kier molecular flexibility index (Phi) is 9.39. The lowest BCUT2D eigenvalue weighted by Crippen LogP contribution is -2.56. The maximum atomic E-state index is 13.9. The van der Waals surface area contributed by atoms with Crippen molar-refractivity contribution in [1.82, 2.24) is 4.90 Å². The van der Waals surface area contributed by atoms with E-state index < -0.39 is 35.7 Å². The standard InChI is InChI=1S/C20H25BrF6N2O3S/c1-3-4-13-9-14(18(19(22,23)24,20(25,26)27)32-12-31-2)5-6-15(13)28-7-8-29(16(30)10-21)17(33)11-28/h5-6,9,17,33H,3-4,7-8,10-12H2,1-2H3/t17-/m0/s1. The highest BCUT2D eigenvalue weighted by Gasteiger charge is 2.73. The fourth-order valence-corrected chi connectivity index (χ4v) is 4.58. The van der Waals surface area contributed by atoms with Crippen LogP contribution in [0.4, 0.5) is 32.0 Å². The molecule has 188 valence electrons. The van der Waals surface area contributed by atoms with Crippen molar-refractivity contribution in [3.8, 4) is 0 Å². The van der Waals surface area contributed by atoms with Gasteiger partial charge >= 0.3 is 12.4 Å². The van der Waals surface area contributed by atoms with Crippen LogP contribution >= 0.6 is 28.6 Å². The van der Waals surface area contributed by atoms with Crippen LogP contribution in [0, 0.1) is 0 Å². The van der Waals surface area contributed by atoms with Crippen molar-refractivity contribution in [2.24, 2.45) is 0 Å². The number of aryl methyl sites for hydroxylation is 1. The molecule has 2 rings (SSSR count). The van der Waals surface area contributed by atoms with Crippen molar-refractivity contribution in [3.63, 3.8) is 0 Å². The van der Waals surface area contributed by atoms with Crippen LogP contribution in [0.2, 0.25) is 0 Å². The van der Waals surface area contributed by atoms with Crippen LogP contribution in [0.5, 0.6) is 0 Å². The summed E-state index contributed by atoms with van der Waals surface area (Å²) in [5.74, 6) is -0.158. The first-order valence-corrected chi connectivity index (χ1v) is 11.7. The normalized spacial score (nSPS) is 18.1. The average molecular weight is 567 g/mol. The molecule has 1 atom stereocenters. The predicted molar refractivity (Wildman–Crippen MR) is 118 cm³/mol. The molecule has 1 fully saturated rings. The van der Waals surface area contributed by atoms with Gasteiger partial charge in [0.15, 0.2) is 0 Å². The van der Waals surface area contributed by atoms with Crippen molar-refractivity contribution >= 4 is 40.2 Å². The zero-order valence-electron chi connectivity index (χ0n) is 18.0. The molecule has 1 aliphatic heterocycles. The Morgan fingerprint density at radius 3 is 2.30 bits per heavy atom. The summed E-state index contributed by atoms with van der Waals surface area (Å²) in [5, 5.41) is -0.356. The molecule has 1 saturated heterocycles. The van der Waals surface area contributed by atoms with Crippen molar-refractivity contribution in [1.29, 1.82) is 0 Å². The van der Waals surface area contributed by atoms with Crippen LogP contribution in [0.25, 0.3) is 0 Å². The minimum Gasteiger partial charge on any atom is -0.367 e. The van der Waals surface area contributed by atoms with Gasteiger partial charge in [-0.3, -0.25) is 4.79 Å². The van der Waals surface area contributed by atoms with Crippen LogP contribution in [0.1, 0.15) is 24.5 Å². The van der Waals surface area contributed by atoms with Crippen molar-refractivity contribution in [2.75, 3.05) is 43.8 Å². The second-order valence-corrected chi connectivity index (χ2v) is 8.63. The van der Waals surface area contributed by atoms with E-state index in [-0.39, 0.29) is 24.2 Å². The summed E-state index contributed by atoms with van der Waals surface area (Å²) >= 11 is 7.54. The van der Waals surface area contributed by atoms with Gasteiger partial charge in [0.05, 0.1) is 10.7 Å². The number of methoxy groups -OCH3 is 1. The number of rotatable bonds is 8. The molecule has 33 heavy (non-hydrogen) atoms. The van der Waals surface area contributed by atoms with Crippen molar-refractivity contribution in [3.05, 3.63) is 29.3 Å². The monoisotopic (exact) mass is 566 g/mol. The number of amides is 1. The molecule has 0 saturated carbocycles. The van der Waals surface area contributed by atoms with Crippen LogP contribution < -0.4 is 4.90 Å². The highest BCUT2D eigenvalue weighted by Crippen LogP contribution is 2.53. The first-order chi connectivity index (χ1) is 15.3. The molecular formula is C20H25BrF6N2O3S. The van der Waals surface area contributed by atoms with E-state index in [1.165, 1.54) is 6.07 Å². The van der Waals surface area contributed by atoms with Gasteiger partial charge in [-0.15, -0.1) is 0 Å². The largest absolute Gasteiger partial charge is 0.430 e. The molecule has 5 nitrogen and oxygen atoms in total. The number of hydrogen-bond acceptors (Lipinski definition) is 5. The van der Waals surface area contributed by atoms with E-state index in [9.17, 15) is 31.1 Å². The van der Waals surface area contributed by atoms with Gasteiger partial charge in [0.25, 0.3) is 5.60 Å². The topological polar surface area (TPSA) is 42.0 Å². The van der Waals surface area contributed by atoms with Gasteiger partial charge in [-0.05, 0) is 18.1 Å². The number of hydrogen-bond donors (Lipinski definition) is 1. The summed E-state index contributed by atoms with van der Waals surface area (Å²) in [5.41, 5.74) is -4.79. The lowest BCUT2D eigenvalue weighted by molar-refractivity contribution is -0.400. The molecule has 1 aromatic rings. The number of piperazine rings is 1. The molecule has 0 spiro atoms. The van der Waals surface area contributed by atoms with E-state index in [4.69, 9.17) is 0 Å². The third-order valence-electron chi connectivity index (χ3n) is 5.33. The molecule has 0 aliphatic carbocycles. The summed E-state index contributed by atoms with van der Waals surface area (Å²) in [6.07, 6.45) is -10.8. The molecule has 0 bridgehead atoms. The highest BCUT2D eigenvalue weighted by atomic mass is 79.9. The number of nitrogens with zero attached hydrogens (tertiary/aromatic N) is 2. The summed E-state index contributed by atoms with van der Waals surface area (Å²) in [6.45, 7) is 1.51. The number of halogens is 7. The van der Waals surface area contributed by atoms with Crippen LogP contribution in [0.15, 0.2) is 18.2 Å². The number of alkyl halides is 7. The Hall–Kier alpha value is -1.18. The van der Waals surface area contributed by atoms with E-state index in [1.807, 2.05) is 4.90 Å². The number of benzene rings is 1. The van der Waals surface area contributed by atoms with Crippen molar-refractivity contribution in [2.45, 2.75) is 43.1 Å². The quantitative estimate of drug-likeness (QED) is 0.211. The maximum Gasteiger partial charge on any atom is 0.430 e. The van der Waals surface area contributed by atoms with E-state index in [0.29, 0.717) is 30.8 Å². The number of anilines is 1. The Morgan fingerprint density at radius 2 is 1.82 bits per heavy atom. The zero-order valence-corrected chi connectivity index (χ0v) is 20.5. The van der Waals surface area contributed by atoms with E-state index >= 15 is 0 Å². The molecule has 1 heterocycles. The van der Waals surface area contributed by atoms with Crippen molar-refractivity contribution < 1.29 is 40.6 Å². The fraction of sp³-hybridized carbons (Fsp3) is 0.650. The second-order valence-electron chi connectivity index (χ2n) is 7.47.